The minimum absolute atomic E-state index is 0.0366. The van der Waals surface area contributed by atoms with Crippen LogP contribution in [-0.4, -0.2) is 50.9 Å². The predicted molar refractivity (Wildman–Crippen MR) is 82.3 cm³/mol. The minimum atomic E-state index is -1.07. The van der Waals surface area contributed by atoms with Crippen molar-refractivity contribution in [3.05, 3.63) is 27.7 Å². The maximum absolute atomic E-state index is 12.2. The molecule has 1 atom stereocenters. The Morgan fingerprint density at radius 3 is 2.64 bits per heavy atom. The fraction of sp³-hybridized carbons (Fsp3) is 0.533. The van der Waals surface area contributed by atoms with Crippen LogP contribution in [0.25, 0.3) is 0 Å². The second-order valence-electron chi connectivity index (χ2n) is 6.19. The Bertz CT molecular complexity index is 616. The van der Waals surface area contributed by atoms with Gasteiger partial charge in [0.2, 0.25) is 5.91 Å². The summed E-state index contributed by atoms with van der Waals surface area (Å²) in [7, 11) is 0. The monoisotopic (exact) mass is 345 g/mol. The number of nitrogens with zero attached hydrogens (tertiary/aromatic N) is 1. The first kappa shape index (κ1) is 15.9. The van der Waals surface area contributed by atoms with Gasteiger partial charge in [-0.05, 0) is 25.0 Å². The van der Waals surface area contributed by atoms with Crippen LogP contribution in [0.15, 0.2) is 12.1 Å². The first-order valence-corrected chi connectivity index (χ1v) is 7.90. The molecule has 1 heterocycles. The van der Waals surface area contributed by atoms with Gasteiger partial charge in [0, 0.05) is 30.5 Å². The molecule has 2 fully saturated rings. The standard InChI is InChI=1S/C15H17Cl2NO4/c16-10-1-2-11(20)13(14(10)17)8-3-12(21)18(6-8)9-4-15(22,5-9)7-19/h1-2,8-9,19-20,22H,3-7H2. The fourth-order valence-electron chi connectivity index (χ4n) is 3.39. The molecule has 5 nitrogen and oxygen atoms in total. The Labute approximate surface area is 138 Å². The van der Waals surface area contributed by atoms with E-state index in [1.165, 1.54) is 12.1 Å². The van der Waals surface area contributed by atoms with E-state index in [0.717, 1.165) is 0 Å². The smallest absolute Gasteiger partial charge is 0.223 e. The summed E-state index contributed by atoms with van der Waals surface area (Å²) < 4.78 is 0. The van der Waals surface area contributed by atoms with Crippen molar-refractivity contribution in [1.82, 2.24) is 4.90 Å². The van der Waals surface area contributed by atoms with Gasteiger partial charge in [-0.3, -0.25) is 4.79 Å². The number of phenolic OH excluding ortho intramolecular Hbond substituents is 1. The molecule has 1 aliphatic carbocycles. The maximum atomic E-state index is 12.2. The van der Waals surface area contributed by atoms with Gasteiger partial charge >= 0.3 is 0 Å². The molecule has 120 valence electrons. The van der Waals surface area contributed by atoms with Gasteiger partial charge in [0.05, 0.1) is 22.3 Å². The zero-order valence-corrected chi connectivity index (χ0v) is 13.3. The van der Waals surface area contributed by atoms with Crippen LogP contribution in [0.5, 0.6) is 5.75 Å². The van der Waals surface area contributed by atoms with E-state index in [4.69, 9.17) is 28.3 Å². The molecule has 1 unspecified atom stereocenters. The van der Waals surface area contributed by atoms with E-state index in [-0.39, 0.29) is 41.7 Å². The summed E-state index contributed by atoms with van der Waals surface area (Å²) in [6, 6.07) is 2.92. The molecule has 22 heavy (non-hydrogen) atoms. The van der Waals surface area contributed by atoms with Crippen molar-refractivity contribution >= 4 is 29.1 Å². The number of halogens is 2. The van der Waals surface area contributed by atoms with E-state index in [9.17, 15) is 15.0 Å². The highest BCUT2D eigenvalue weighted by Gasteiger charge is 2.48. The van der Waals surface area contributed by atoms with Crippen LogP contribution in [0, 0.1) is 0 Å². The van der Waals surface area contributed by atoms with Gasteiger partial charge in [0.1, 0.15) is 5.75 Å². The summed E-state index contributed by atoms with van der Waals surface area (Å²) in [5.41, 5.74) is -0.569. The summed E-state index contributed by atoms with van der Waals surface area (Å²) in [5.74, 6) is -0.221. The highest BCUT2D eigenvalue weighted by atomic mass is 35.5. The zero-order valence-electron chi connectivity index (χ0n) is 11.8. The minimum Gasteiger partial charge on any atom is -0.508 e. The first-order chi connectivity index (χ1) is 10.3. The van der Waals surface area contributed by atoms with Crippen LogP contribution in [-0.2, 0) is 4.79 Å². The van der Waals surface area contributed by atoms with Gasteiger partial charge in [-0.1, -0.05) is 23.2 Å². The van der Waals surface area contributed by atoms with Gasteiger partial charge in [-0.2, -0.15) is 0 Å². The molecule has 0 radical (unpaired) electrons. The highest BCUT2D eigenvalue weighted by molar-refractivity contribution is 6.42. The van der Waals surface area contributed by atoms with Gasteiger partial charge in [-0.15, -0.1) is 0 Å². The van der Waals surface area contributed by atoms with Crippen LogP contribution < -0.4 is 0 Å². The summed E-state index contributed by atoms with van der Waals surface area (Å²) in [6.07, 6.45) is 0.996. The number of carbonyl (C=O) groups excluding carboxylic acids is 1. The largest absolute Gasteiger partial charge is 0.508 e. The third-order valence-electron chi connectivity index (χ3n) is 4.64. The number of likely N-dealkylation sites (tertiary alicyclic amines) is 1. The van der Waals surface area contributed by atoms with Crippen molar-refractivity contribution in [2.75, 3.05) is 13.2 Å². The molecule has 1 aromatic rings. The molecule has 0 bridgehead atoms. The SMILES string of the molecule is O=C1CC(c2c(O)ccc(Cl)c2Cl)CN1C1CC(O)(CO)C1. The van der Waals surface area contributed by atoms with Gasteiger partial charge in [-0.25, -0.2) is 0 Å². The molecule has 2 aliphatic rings. The predicted octanol–water partition coefficient (Wildman–Crippen LogP) is 1.90. The van der Waals surface area contributed by atoms with E-state index in [1.54, 1.807) is 4.90 Å². The number of aliphatic hydroxyl groups is 2. The Morgan fingerprint density at radius 1 is 1.32 bits per heavy atom. The Balaban J connectivity index is 1.77. The number of amides is 1. The van der Waals surface area contributed by atoms with Gasteiger partial charge < -0.3 is 20.2 Å². The molecule has 3 rings (SSSR count). The lowest BCUT2D eigenvalue weighted by molar-refractivity contribution is -0.146. The van der Waals surface area contributed by atoms with Crippen LogP contribution in [0.2, 0.25) is 10.0 Å². The second-order valence-corrected chi connectivity index (χ2v) is 6.97. The summed E-state index contributed by atoms with van der Waals surface area (Å²) in [6.45, 7) is 0.133. The summed E-state index contributed by atoms with van der Waals surface area (Å²) in [5, 5.41) is 29.6. The summed E-state index contributed by atoms with van der Waals surface area (Å²) >= 11 is 12.2. The van der Waals surface area contributed by atoms with E-state index in [2.05, 4.69) is 0 Å². The van der Waals surface area contributed by atoms with Gasteiger partial charge in [0.15, 0.2) is 0 Å². The number of hydrogen-bond acceptors (Lipinski definition) is 4. The molecule has 7 heteroatoms. The molecule has 1 aromatic carbocycles. The second kappa shape index (κ2) is 5.57. The van der Waals surface area contributed by atoms with Crippen molar-refractivity contribution in [2.24, 2.45) is 0 Å². The van der Waals surface area contributed by atoms with Crippen LogP contribution >= 0.6 is 23.2 Å². The number of hydrogen-bond donors (Lipinski definition) is 3. The Hall–Kier alpha value is -1.01. The van der Waals surface area contributed by atoms with E-state index >= 15 is 0 Å². The molecule has 0 spiro atoms. The zero-order chi connectivity index (χ0) is 16.1. The molecule has 1 aliphatic heterocycles. The molecule has 1 saturated heterocycles. The van der Waals surface area contributed by atoms with Crippen LogP contribution in [0.3, 0.4) is 0 Å². The van der Waals surface area contributed by atoms with Crippen LogP contribution in [0.4, 0.5) is 0 Å². The lowest BCUT2D eigenvalue weighted by atomic mass is 9.75. The number of benzene rings is 1. The third kappa shape index (κ3) is 2.56. The third-order valence-corrected chi connectivity index (χ3v) is 5.46. The maximum Gasteiger partial charge on any atom is 0.223 e. The fourth-order valence-corrected chi connectivity index (χ4v) is 3.87. The first-order valence-electron chi connectivity index (χ1n) is 7.14. The van der Waals surface area contributed by atoms with Crippen LogP contribution in [0.1, 0.15) is 30.7 Å². The van der Waals surface area contributed by atoms with Crippen molar-refractivity contribution in [3.63, 3.8) is 0 Å². The van der Waals surface area contributed by atoms with Crippen molar-refractivity contribution < 1.29 is 20.1 Å². The number of phenols is 1. The molecule has 1 saturated carbocycles. The number of aliphatic hydroxyl groups excluding tert-OH is 1. The molecule has 1 amide bonds. The molecule has 0 aromatic heterocycles. The Kier molecular flexibility index (Phi) is 4.01. The molecular formula is C15H17Cl2NO4. The lowest BCUT2D eigenvalue weighted by Gasteiger charge is -2.46. The molecule has 3 N–H and O–H groups in total. The number of aromatic hydroxyl groups is 1. The van der Waals surface area contributed by atoms with Crippen molar-refractivity contribution in [3.8, 4) is 5.75 Å². The van der Waals surface area contributed by atoms with E-state index < -0.39 is 5.60 Å². The molecular weight excluding hydrogens is 329 g/mol. The number of carbonyl (C=O) groups is 1. The average molecular weight is 346 g/mol. The highest BCUT2D eigenvalue weighted by Crippen LogP contribution is 2.44. The van der Waals surface area contributed by atoms with E-state index in [0.29, 0.717) is 30.0 Å². The number of rotatable bonds is 3. The average Bonchev–Trinajstić information content (AvgIpc) is 2.81. The van der Waals surface area contributed by atoms with Crippen molar-refractivity contribution in [2.45, 2.75) is 36.8 Å². The normalized spacial score (nSPS) is 31.5. The lowest BCUT2D eigenvalue weighted by Crippen LogP contribution is -2.57. The Morgan fingerprint density at radius 2 is 2.00 bits per heavy atom. The van der Waals surface area contributed by atoms with E-state index in [1.807, 2.05) is 0 Å². The van der Waals surface area contributed by atoms with Crippen molar-refractivity contribution in [1.29, 1.82) is 0 Å². The summed E-state index contributed by atoms with van der Waals surface area (Å²) in [4.78, 5) is 13.9. The van der Waals surface area contributed by atoms with Gasteiger partial charge in [0.25, 0.3) is 0 Å². The topological polar surface area (TPSA) is 81.0 Å². The quantitative estimate of drug-likeness (QED) is 0.781.